The summed E-state index contributed by atoms with van der Waals surface area (Å²) in [4.78, 5) is 0. The number of halogens is 4. The van der Waals surface area contributed by atoms with E-state index in [4.69, 9.17) is 0 Å². The molecule has 0 aromatic rings. The van der Waals surface area contributed by atoms with Gasteiger partial charge in [0, 0.05) is 34.1 Å². The molecule has 0 saturated carbocycles. The summed E-state index contributed by atoms with van der Waals surface area (Å²) in [7, 11) is 0. The van der Waals surface area contributed by atoms with E-state index in [-0.39, 0.29) is 53.0 Å². The first kappa shape index (κ1) is 389. The molecule has 0 atom stereocenters. The first-order valence-corrected chi connectivity index (χ1v) is 0. The Hall–Kier alpha value is 0.759. The molecule has 0 unspecified atom stereocenters. The Morgan fingerprint density at radius 1 is 0.333 bits per heavy atom. The Kier molecular flexibility index (Phi) is 14700. The largest absolute Gasteiger partial charge is 0.269 e. The first-order chi connectivity index (χ1) is 0. The van der Waals surface area contributed by atoms with Gasteiger partial charge in [0.1, 0.15) is 0 Å². The van der Waals surface area contributed by atoms with Gasteiger partial charge in [0.2, 0.25) is 0 Å². The van der Waals surface area contributed by atoms with Gasteiger partial charge in [-0.05, 0) is 0 Å². The van der Waals surface area contributed by atoms with Crippen LogP contribution in [0.25, 0.3) is 0 Å². The quantitative estimate of drug-likeness (QED) is 0.406. The monoisotopic (exact) mass is 240 g/mol. The summed E-state index contributed by atoms with van der Waals surface area (Å²) in [6, 6.07) is 0. The molecule has 0 aliphatic carbocycles. The predicted molar refractivity (Wildman–Crippen MR) is 21.5 cm³/mol. The van der Waals surface area contributed by atoms with Crippen LogP contribution in [0.5, 0.6) is 0 Å². The van der Waals surface area contributed by atoms with Crippen LogP contribution in [0.15, 0.2) is 0 Å². The second-order valence-electron chi connectivity index (χ2n) is 0. The Morgan fingerprint density at radius 2 is 0.333 bits per heavy atom. The Bertz CT molecular complexity index is 5.51. The molecule has 0 nitrogen and oxygen atoms in total. The fourth-order valence-electron chi connectivity index (χ4n) is 0. The zero-order valence-electron chi connectivity index (χ0n) is 2.45. The molecule has 0 rings (SSSR count). The van der Waals surface area contributed by atoms with E-state index in [1.807, 2.05) is 0 Å². The zero-order valence-corrected chi connectivity index (χ0v) is 5.88. The van der Waals surface area contributed by atoms with Gasteiger partial charge in [-0.2, -0.15) is 0 Å². The van der Waals surface area contributed by atoms with E-state index in [2.05, 4.69) is 0 Å². The van der Waals surface area contributed by atoms with Gasteiger partial charge in [-0.15, -0.1) is 0 Å². The van der Waals surface area contributed by atoms with E-state index >= 15 is 0 Å². The normalized spacial score (nSPS) is 0. The van der Waals surface area contributed by atoms with Crippen molar-refractivity contribution < 1.29 is 18.8 Å². The molecule has 0 aromatic heterocycles. The van der Waals surface area contributed by atoms with Crippen LogP contribution >= 0.6 is 0 Å². The molecule has 0 aliphatic rings. The maximum Gasteiger partial charge on any atom is 0 e. The maximum absolute atomic E-state index is 0. The van der Waals surface area contributed by atoms with Crippen LogP contribution in [0.3, 0.4) is 0 Å². The van der Waals surface area contributed by atoms with Gasteiger partial charge in [0.05, 0.1) is 0 Å². The zero-order chi connectivity index (χ0) is 0. The second-order valence-corrected chi connectivity index (χ2v) is 0. The Morgan fingerprint density at radius 3 is 0.333 bits per heavy atom. The van der Waals surface area contributed by atoms with Gasteiger partial charge in [0.15, 0.2) is 0 Å². The Balaban J connectivity index is 0. The van der Waals surface area contributed by atoms with Crippen molar-refractivity contribution in [2.45, 2.75) is 0 Å². The van der Waals surface area contributed by atoms with E-state index in [1.165, 1.54) is 0 Å². The summed E-state index contributed by atoms with van der Waals surface area (Å²) in [6.07, 6.45) is 0. The average molecular weight is 238 g/mol. The summed E-state index contributed by atoms with van der Waals surface area (Å²) < 4.78 is 0. The summed E-state index contributed by atoms with van der Waals surface area (Å²) in [5.41, 5.74) is 0. The van der Waals surface area contributed by atoms with Crippen molar-refractivity contribution in [1.82, 2.24) is 0 Å². The molecule has 0 fully saturated rings. The number of hydrogen-bond donors (Lipinski definition) is 0. The molecule has 0 heterocycles. The van der Waals surface area contributed by atoms with E-state index in [0.29, 0.717) is 0 Å². The summed E-state index contributed by atoms with van der Waals surface area (Å²) >= 11 is 0. The molecule has 6 heavy (non-hydrogen) atoms. The summed E-state index contributed by atoms with van der Waals surface area (Å²) in [6.45, 7) is 0. The average Bonchev–Trinajstić information content (AvgIpc) is 0. The van der Waals surface area contributed by atoms with Crippen molar-refractivity contribution >= 4 is 34.1 Å². The molecule has 0 N–H and O–H groups in total. The van der Waals surface area contributed by atoms with Gasteiger partial charge < -0.3 is 0 Å². The third kappa shape index (κ3) is 117. The molecule has 0 bridgehead atoms. The van der Waals surface area contributed by atoms with Crippen LogP contribution in [0, 0.1) is 0 Å². The smallest absolute Gasteiger partial charge is 0 e. The van der Waals surface area contributed by atoms with Crippen LogP contribution in [-0.4, -0.2) is 34.1 Å². The number of hydrogen-bond acceptors (Lipinski definition) is 0. The molecule has 0 saturated heterocycles. The molecular weight excluding hydrogens is 234 g/mol. The molecular formula is H4F4Se2. The standard InChI is InChI=1S/4FH.2Se/h4*1H;;. The number of rotatable bonds is 0. The van der Waals surface area contributed by atoms with Crippen molar-refractivity contribution in [3.8, 4) is 0 Å². The summed E-state index contributed by atoms with van der Waals surface area (Å²) in [5, 5.41) is 0. The summed E-state index contributed by atoms with van der Waals surface area (Å²) in [5.74, 6) is 0. The van der Waals surface area contributed by atoms with E-state index < -0.39 is 0 Å². The van der Waals surface area contributed by atoms with Crippen LogP contribution in [0.2, 0.25) is 0 Å². The van der Waals surface area contributed by atoms with Gasteiger partial charge in [-0.1, -0.05) is 0 Å². The van der Waals surface area contributed by atoms with Crippen molar-refractivity contribution in [3.63, 3.8) is 0 Å². The molecule has 4 radical (unpaired) electrons. The molecule has 44 valence electrons. The fraction of sp³-hybridized carbons (Fsp3) is 0. The van der Waals surface area contributed by atoms with Crippen LogP contribution in [-0.2, 0) is 0 Å². The van der Waals surface area contributed by atoms with Crippen LogP contribution in [0.4, 0.5) is 18.8 Å². The third-order valence-corrected chi connectivity index (χ3v) is 0. The van der Waals surface area contributed by atoms with E-state index in [0.717, 1.165) is 0 Å². The van der Waals surface area contributed by atoms with Crippen molar-refractivity contribution in [2.24, 2.45) is 0 Å². The van der Waals surface area contributed by atoms with Crippen LogP contribution < -0.4 is 0 Å². The third-order valence-electron chi connectivity index (χ3n) is 0. The second kappa shape index (κ2) is 226. The fourth-order valence-corrected chi connectivity index (χ4v) is 0. The van der Waals surface area contributed by atoms with Crippen molar-refractivity contribution in [2.75, 3.05) is 0 Å². The van der Waals surface area contributed by atoms with Crippen molar-refractivity contribution in [3.05, 3.63) is 0 Å². The van der Waals surface area contributed by atoms with Crippen LogP contribution in [0.1, 0.15) is 0 Å². The predicted octanol–water partition coefficient (Wildman–Crippen LogP) is -0.152. The SMILES string of the molecule is F.F.F.F.[Se].[Se]. The first-order valence-electron chi connectivity index (χ1n) is 0. The van der Waals surface area contributed by atoms with Gasteiger partial charge in [0.25, 0.3) is 0 Å². The molecule has 0 aromatic carbocycles. The van der Waals surface area contributed by atoms with Gasteiger partial charge >= 0.3 is 0 Å². The van der Waals surface area contributed by atoms with Gasteiger partial charge in [-0.25, -0.2) is 0 Å². The Labute approximate surface area is 53.5 Å². The minimum Gasteiger partial charge on any atom is -0.269 e. The molecule has 0 amide bonds. The van der Waals surface area contributed by atoms with E-state index in [1.54, 1.807) is 0 Å². The van der Waals surface area contributed by atoms with Crippen molar-refractivity contribution in [1.29, 1.82) is 0 Å². The molecule has 0 spiro atoms. The topological polar surface area (TPSA) is 0 Å². The minimum absolute atomic E-state index is 0. The minimum atomic E-state index is 0. The molecule has 0 aliphatic heterocycles. The maximum atomic E-state index is 0. The van der Waals surface area contributed by atoms with Gasteiger partial charge in [-0.3, -0.25) is 18.8 Å². The molecule has 6 heteroatoms. The van der Waals surface area contributed by atoms with E-state index in [9.17, 15) is 0 Å².